The molecule has 2 rings (SSSR count). The van der Waals surface area contributed by atoms with Gasteiger partial charge in [0.05, 0.1) is 10.7 Å². The molecule has 3 nitrogen and oxygen atoms in total. The summed E-state index contributed by atoms with van der Waals surface area (Å²) >= 11 is 6.00. The molecule has 0 saturated heterocycles. The predicted molar refractivity (Wildman–Crippen MR) is 65.1 cm³/mol. The number of aromatic nitrogens is 3. The van der Waals surface area contributed by atoms with Crippen LogP contribution >= 0.6 is 11.6 Å². The molecular formula is C12H11ClF3N3. The van der Waals surface area contributed by atoms with Crippen LogP contribution in [-0.2, 0) is 0 Å². The monoisotopic (exact) mass is 289 g/mol. The Morgan fingerprint density at radius 2 is 2.00 bits per heavy atom. The number of alkyl halides is 3. The highest BCUT2D eigenvalue weighted by Gasteiger charge is 2.23. The summed E-state index contributed by atoms with van der Waals surface area (Å²) in [6.45, 7) is 1.81. The molecule has 102 valence electrons. The molecule has 0 fully saturated rings. The van der Waals surface area contributed by atoms with Gasteiger partial charge in [-0.3, -0.25) is 4.98 Å². The first-order valence-electron chi connectivity index (χ1n) is 5.57. The van der Waals surface area contributed by atoms with Crippen LogP contribution in [0.15, 0.2) is 30.7 Å². The van der Waals surface area contributed by atoms with E-state index in [1.807, 2.05) is 6.92 Å². The molecule has 2 atom stereocenters. The smallest absolute Gasteiger partial charge is 0.263 e. The van der Waals surface area contributed by atoms with Crippen LogP contribution in [0.3, 0.4) is 0 Å². The molecule has 2 aromatic rings. The van der Waals surface area contributed by atoms with E-state index >= 15 is 0 Å². The Balaban J connectivity index is 2.26. The van der Waals surface area contributed by atoms with Crippen molar-refractivity contribution in [2.24, 2.45) is 0 Å². The maximum atomic E-state index is 13.1. The molecule has 2 aromatic heterocycles. The Bertz CT molecular complexity index is 559. The van der Waals surface area contributed by atoms with Gasteiger partial charge < -0.3 is 0 Å². The molecule has 0 amide bonds. The molecule has 0 aromatic carbocycles. The second-order valence-electron chi connectivity index (χ2n) is 4.05. The van der Waals surface area contributed by atoms with E-state index in [1.54, 1.807) is 12.3 Å². The van der Waals surface area contributed by atoms with Gasteiger partial charge in [-0.05, 0) is 17.7 Å². The van der Waals surface area contributed by atoms with Crippen molar-refractivity contribution >= 4 is 11.6 Å². The van der Waals surface area contributed by atoms with Crippen LogP contribution in [0.25, 0.3) is 0 Å². The number of rotatable bonds is 4. The molecule has 0 aliphatic heterocycles. The summed E-state index contributed by atoms with van der Waals surface area (Å²) in [5, 5.41) is 4.29. The third-order valence-electron chi connectivity index (χ3n) is 2.80. The minimum atomic E-state index is -3.10. The third kappa shape index (κ3) is 2.89. The summed E-state index contributed by atoms with van der Waals surface area (Å²) in [6.07, 6.45) is -1.29. The van der Waals surface area contributed by atoms with Crippen molar-refractivity contribution in [1.29, 1.82) is 0 Å². The first-order chi connectivity index (χ1) is 9.00. The van der Waals surface area contributed by atoms with Crippen LogP contribution in [0.2, 0.25) is 5.02 Å². The van der Waals surface area contributed by atoms with Crippen molar-refractivity contribution in [2.75, 3.05) is 0 Å². The van der Waals surface area contributed by atoms with Crippen LogP contribution in [0, 0.1) is 0 Å². The van der Waals surface area contributed by atoms with Crippen molar-refractivity contribution in [3.8, 4) is 0 Å². The van der Waals surface area contributed by atoms with Gasteiger partial charge in [-0.1, -0.05) is 18.5 Å². The number of hydrogen-bond acceptors (Lipinski definition) is 2. The average Bonchev–Trinajstić information content (AvgIpc) is 2.87. The Morgan fingerprint density at radius 3 is 2.63 bits per heavy atom. The lowest BCUT2D eigenvalue weighted by Gasteiger charge is -2.11. The summed E-state index contributed by atoms with van der Waals surface area (Å²) < 4.78 is 38.2. The number of halogens is 4. The number of pyridine rings is 1. The van der Waals surface area contributed by atoms with E-state index in [9.17, 15) is 13.2 Å². The molecule has 0 N–H and O–H groups in total. The molecule has 19 heavy (non-hydrogen) atoms. The van der Waals surface area contributed by atoms with Crippen LogP contribution in [0.4, 0.5) is 13.2 Å². The fourth-order valence-corrected chi connectivity index (χ4v) is 2.02. The van der Waals surface area contributed by atoms with Gasteiger partial charge in [0.15, 0.2) is 0 Å². The van der Waals surface area contributed by atoms with Gasteiger partial charge in [0.1, 0.15) is 0 Å². The van der Waals surface area contributed by atoms with Gasteiger partial charge in [0, 0.05) is 24.5 Å². The quantitative estimate of drug-likeness (QED) is 0.857. The normalized spacial score (nSPS) is 14.6. The molecular weight excluding hydrogens is 279 g/mol. The van der Waals surface area contributed by atoms with E-state index in [4.69, 9.17) is 11.6 Å². The zero-order valence-corrected chi connectivity index (χ0v) is 10.7. The van der Waals surface area contributed by atoms with Crippen molar-refractivity contribution in [1.82, 2.24) is 14.8 Å². The molecule has 2 unspecified atom stereocenters. The Labute approximate surface area is 113 Å². The second kappa shape index (κ2) is 5.61. The summed E-state index contributed by atoms with van der Waals surface area (Å²) in [5.41, 5.74) is 1.23. The predicted octanol–water partition coefficient (Wildman–Crippen LogP) is 3.82. The largest absolute Gasteiger partial charge is 0.289 e. The lowest BCUT2D eigenvalue weighted by molar-refractivity contribution is 0.000534. The number of hydrogen-bond donors (Lipinski definition) is 0. The first-order valence-corrected chi connectivity index (χ1v) is 5.95. The van der Waals surface area contributed by atoms with Crippen LogP contribution < -0.4 is 0 Å². The summed E-state index contributed by atoms with van der Waals surface area (Å²) in [5.74, 6) is -0.235. The fourth-order valence-electron chi connectivity index (χ4n) is 1.73. The highest BCUT2D eigenvalue weighted by atomic mass is 35.5. The van der Waals surface area contributed by atoms with Gasteiger partial charge in [0.25, 0.3) is 12.7 Å². The lowest BCUT2D eigenvalue weighted by atomic mass is 9.99. The Morgan fingerprint density at radius 1 is 1.26 bits per heavy atom. The highest BCUT2D eigenvalue weighted by Crippen LogP contribution is 2.29. The van der Waals surface area contributed by atoms with Gasteiger partial charge in [-0.25, -0.2) is 17.9 Å². The Kier molecular flexibility index (Phi) is 4.09. The van der Waals surface area contributed by atoms with E-state index in [0.717, 1.165) is 5.56 Å². The van der Waals surface area contributed by atoms with Crippen molar-refractivity contribution in [3.63, 3.8) is 0 Å². The van der Waals surface area contributed by atoms with E-state index in [1.165, 1.54) is 18.5 Å². The maximum Gasteiger partial charge on any atom is 0.289 e. The molecule has 0 bridgehead atoms. The molecule has 0 spiro atoms. The van der Waals surface area contributed by atoms with Crippen molar-refractivity contribution in [2.45, 2.75) is 25.6 Å². The van der Waals surface area contributed by atoms with E-state index in [0.29, 0.717) is 15.4 Å². The van der Waals surface area contributed by atoms with Gasteiger partial charge >= 0.3 is 0 Å². The Hall–Kier alpha value is -1.56. The maximum absolute atomic E-state index is 13.1. The van der Waals surface area contributed by atoms with Crippen molar-refractivity contribution in [3.05, 3.63) is 47.0 Å². The molecule has 0 saturated carbocycles. The first kappa shape index (κ1) is 13.9. The summed E-state index contributed by atoms with van der Waals surface area (Å²) in [6, 6.07) is 3.21. The van der Waals surface area contributed by atoms with Gasteiger partial charge in [-0.15, -0.1) is 0 Å². The molecule has 7 heteroatoms. The van der Waals surface area contributed by atoms with E-state index in [2.05, 4.69) is 10.1 Å². The average molecular weight is 290 g/mol. The highest BCUT2D eigenvalue weighted by molar-refractivity contribution is 6.31. The number of nitrogens with zero attached hydrogens (tertiary/aromatic N) is 3. The van der Waals surface area contributed by atoms with E-state index < -0.39 is 12.7 Å². The zero-order chi connectivity index (χ0) is 14.0. The lowest BCUT2D eigenvalue weighted by Crippen LogP contribution is -2.13. The SMILES string of the molecule is CC(c1ccn(C(F)C(F)F)n1)c1ccncc1Cl. The topological polar surface area (TPSA) is 30.7 Å². The molecule has 0 aliphatic rings. The second-order valence-corrected chi connectivity index (χ2v) is 4.45. The fraction of sp³-hybridized carbons (Fsp3) is 0.333. The minimum absolute atomic E-state index is 0.235. The van der Waals surface area contributed by atoms with Crippen molar-refractivity contribution < 1.29 is 13.2 Å². The van der Waals surface area contributed by atoms with Gasteiger partial charge in [-0.2, -0.15) is 5.10 Å². The summed E-state index contributed by atoms with van der Waals surface area (Å²) in [4.78, 5) is 3.86. The van der Waals surface area contributed by atoms with Crippen LogP contribution in [0.5, 0.6) is 0 Å². The summed E-state index contributed by atoms with van der Waals surface area (Å²) in [7, 11) is 0. The van der Waals surface area contributed by atoms with Crippen LogP contribution in [-0.4, -0.2) is 21.2 Å². The van der Waals surface area contributed by atoms with E-state index in [-0.39, 0.29) is 5.92 Å². The molecule has 0 radical (unpaired) electrons. The molecule has 2 heterocycles. The molecule has 0 aliphatic carbocycles. The van der Waals surface area contributed by atoms with Gasteiger partial charge in [0.2, 0.25) is 0 Å². The van der Waals surface area contributed by atoms with Crippen LogP contribution in [0.1, 0.15) is 30.4 Å². The zero-order valence-electron chi connectivity index (χ0n) is 9.97. The third-order valence-corrected chi connectivity index (χ3v) is 3.12. The standard InChI is InChI=1S/C12H11ClF3N3/c1-7(8-2-4-17-6-9(8)13)10-3-5-19(18-10)12(16)11(14)15/h2-7,11-12H,1H3. The minimum Gasteiger partial charge on any atom is -0.263 e.